The SMILES string of the molecule is Cc1ccnc(NCCCn2ccnn2)c1N. The minimum absolute atomic E-state index is 0.716. The normalized spacial score (nSPS) is 10.4. The number of aromatic nitrogens is 4. The van der Waals surface area contributed by atoms with Crippen LogP contribution in [0.5, 0.6) is 0 Å². The molecule has 3 N–H and O–H groups in total. The van der Waals surface area contributed by atoms with Gasteiger partial charge in [0.25, 0.3) is 0 Å². The summed E-state index contributed by atoms with van der Waals surface area (Å²) in [5.41, 5.74) is 7.66. The number of nitrogens with zero attached hydrogens (tertiary/aromatic N) is 4. The highest BCUT2D eigenvalue weighted by atomic mass is 15.4. The predicted octanol–water partition coefficient (Wildman–Crippen LogP) is 1.07. The molecule has 0 aliphatic carbocycles. The Morgan fingerprint density at radius 1 is 1.41 bits per heavy atom. The van der Waals surface area contributed by atoms with Crippen molar-refractivity contribution in [2.75, 3.05) is 17.6 Å². The average molecular weight is 232 g/mol. The summed E-state index contributed by atoms with van der Waals surface area (Å²) >= 11 is 0. The number of pyridine rings is 1. The second kappa shape index (κ2) is 5.29. The summed E-state index contributed by atoms with van der Waals surface area (Å²) in [4.78, 5) is 4.20. The van der Waals surface area contributed by atoms with E-state index in [4.69, 9.17) is 5.73 Å². The van der Waals surface area contributed by atoms with Crippen molar-refractivity contribution < 1.29 is 0 Å². The van der Waals surface area contributed by atoms with Gasteiger partial charge in [0.15, 0.2) is 0 Å². The first-order chi connectivity index (χ1) is 8.27. The van der Waals surface area contributed by atoms with Crippen LogP contribution in [0.3, 0.4) is 0 Å². The summed E-state index contributed by atoms with van der Waals surface area (Å²) < 4.78 is 1.80. The van der Waals surface area contributed by atoms with E-state index in [9.17, 15) is 0 Å². The molecule has 90 valence electrons. The Balaban J connectivity index is 1.80. The van der Waals surface area contributed by atoms with Gasteiger partial charge in [-0.2, -0.15) is 0 Å². The molecule has 0 aromatic carbocycles. The highest BCUT2D eigenvalue weighted by molar-refractivity contribution is 5.64. The van der Waals surface area contributed by atoms with Gasteiger partial charge in [0, 0.05) is 25.5 Å². The second-order valence-electron chi connectivity index (χ2n) is 3.84. The van der Waals surface area contributed by atoms with E-state index in [0.717, 1.165) is 30.9 Å². The van der Waals surface area contributed by atoms with Gasteiger partial charge in [-0.25, -0.2) is 4.98 Å². The van der Waals surface area contributed by atoms with Gasteiger partial charge in [-0.1, -0.05) is 5.21 Å². The van der Waals surface area contributed by atoms with E-state index in [0.29, 0.717) is 5.69 Å². The molecule has 0 aliphatic heterocycles. The maximum Gasteiger partial charge on any atom is 0.149 e. The fraction of sp³-hybridized carbons (Fsp3) is 0.364. The molecule has 0 amide bonds. The molecule has 0 fully saturated rings. The fourth-order valence-corrected chi connectivity index (χ4v) is 1.51. The molecule has 0 atom stereocenters. The largest absolute Gasteiger partial charge is 0.396 e. The molecular formula is C11H16N6. The molecule has 2 heterocycles. The molecule has 17 heavy (non-hydrogen) atoms. The molecular weight excluding hydrogens is 216 g/mol. The van der Waals surface area contributed by atoms with Crippen LogP contribution in [0.1, 0.15) is 12.0 Å². The molecule has 2 aromatic rings. The van der Waals surface area contributed by atoms with Crippen molar-refractivity contribution in [3.63, 3.8) is 0 Å². The van der Waals surface area contributed by atoms with Crippen LogP contribution in [0, 0.1) is 6.92 Å². The van der Waals surface area contributed by atoms with Crippen molar-refractivity contribution in [3.8, 4) is 0 Å². The van der Waals surface area contributed by atoms with Crippen LogP contribution in [-0.2, 0) is 6.54 Å². The van der Waals surface area contributed by atoms with E-state index in [-0.39, 0.29) is 0 Å². The number of hydrogen-bond acceptors (Lipinski definition) is 5. The zero-order chi connectivity index (χ0) is 12.1. The van der Waals surface area contributed by atoms with E-state index >= 15 is 0 Å². The molecule has 6 nitrogen and oxygen atoms in total. The van der Waals surface area contributed by atoms with Crippen molar-refractivity contribution in [2.24, 2.45) is 0 Å². The average Bonchev–Trinajstić information content (AvgIpc) is 2.83. The lowest BCUT2D eigenvalue weighted by Gasteiger charge is -2.09. The zero-order valence-corrected chi connectivity index (χ0v) is 9.80. The molecule has 0 aliphatic rings. The van der Waals surface area contributed by atoms with E-state index in [1.54, 1.807) is 17.1 Å². The molecule has 2 rings (SSSR count). The fourth-order valence-electron chi connectivity index (χ4n) is 1.51. The van der Waals surface area contributed by atoms with Gasteiger partial charge in [-0.05, 0) is 25.0 Å². The monoisotopic (exact) mass is 232 g/mol. The van der Waals surface area contributed by atoms with Gasteiger partial charge in [0.1, 0.15) is 5.82 Å². The first-order valence-corrected chi connectivity index (χ1v) is 5.56. The van der Waals surface area contributed by atoms with E-state index in [2.05, 4.69) is 20.6 Å². The highest BCUT2D eigenvalue weighted by Gasteiger charge is 2.01. The van der Waals surface area contributed by atoms with Gasteiger partial charge in [-0.15, -0.1) is 5.10 Å². The van der Waals surface area contributed by atoms with Crippen LogP contribution in [-0.4, -0.2) is 26.5 Å². The van der Waals surface area contributed by atoms with Crippen LogP contribution >= 0.6 is 0 Å². The van der Waals surface area contributed by atoms with Gasteiger partial charge >= 0.3 is 0 Å². The first-order valence-electron chi connectivity index (χ1n) is 5.56. The number of rotatable bonds is 5. The van der Waals surface area contributed by atoms with E-state index < -0.39 is 0 Å². The number of aryl methyl sites for hydroxylation is 2. The summed E-state index contributed by atoms with van der Waals surface area (Å²) in [6.45, 7) is 3.61. The molecule has 6 heteroatoms. The second-order valence-corrected chi connectivity index (χ2v) is 3.84. The molecule has 2 aromatic heterocycles. The maximum absolute atomic E-state index is 5.91. The summed E-state index contributed by atoms with van der Waals surface area (Å²) in [6.07, 6.45) is 6.22. The minimum Gasteiger partial charge on any atom is -0.396 e. The smallest absolute Gasteiger partial charge is 0.149 e. The number of anilines is 2. The third-order valence-electron chi connectivity index (χ3n) is 2.54. The maximum atomic E-state index is 5.91. The number of nitrogen functional groups attached to an aromatic ring is 1. The number of nitrogens with two attached hydrogens (primary N) is 1. The lowest BCUT2D eigenvalue weighted by molar-refractivity contribution is 0.569. The highest BCUT2D eigenvalue weighted by Crippen LogP contribution is 2.18. The van der Waals surface area contributed by atoms with Crippen molar-refractivity contribution >= 4 is 11.5 Å². The van der Waals surface area contributed by atoms with Crippen molar-refractivity contribution in [1.29, 1.82) is 0 Å². The first kappa shape index (κ1) is 11.4. The van der Waals surface area contributed by atoms with Gasteiger partial charge < -0.3 is 11.1 Å². The Bertz CT molecular complexity index is 465. The molecule has 0 spiro atoms. The van der Waals surface area contributed by atoms with Crippen molar-refractivity contribution in [3.05, 3.63) is 30.2 Å². The lowest BCUT2D eigenvalue weighted by Crippen LogP contribution is -2.10. The third-order valence-corrected chi connectivity index (χ3v) is 2.54. The quantitative estimate of drug-likeness (QED) is 0.753. The molecule has 0 bridgehead atoms. The van der Waals surface area contributed by atoms with Gasteiger partial charge in [0.05, 0.1) is 11.9 Å². The number of nitrogens with one attached hydrogen (secondary N) is 1. The Hall–Kier alpha value is -2.11. The Morgan fingerprint density at radius 3 is 3.06 bits per heavy atom. The van der Waals surface area contributed by atoms with Gasteiger partial charge in [-0.3, -0.25) is 4.68 Å². The van der Waals surface area contributed by atoms with E-state index in [1.807, 2.05) is 19.2 Å². The predicted molar refractivity (Wildman–Crippen MR) is 66.5 cm³/mol. The Kier molecular flexibility index (Phi) is 3.54. The lowest BCUT2D eigenvalue weighted by atomic mass is 10.2. The summed E-state index contributed by atoms with van der Waals surface area (Å²) in [5, 5.41) is 10.9. The van der Waals surface area contributed by atoms with Crippen LogP contribution in [0.2, 0.25) is 0 Å². The summed E-state index contributed by atoms with van der Waals surface area (Å²) in [6, 6.07) is 1.90. The van der Waals surface area contributed by atoms with Crippen LogP contribution in [0.4, 0.5) is 11.5 Å². The van der Waals surface area contributed by atoms with Gasteiger partial charge in [0.2, 0.25) is 0 Å². The Labute approximate surface area is 99.9 Å². The molecule has 0 radical (unpaired) electrons. The Morgan fingerprint density at radius 2 is 2.29 bits per heavy atom. The van der Waals surface area contributed by atoms with Crippen molar-refractivity contribution in [2.45, 2.75) is 19.9 Å². The standard InChI is InChI=1S/C11H16N6/c1-9-3-5-14-11(10(9)12)13-4-2-7-17-8-6-15-16-17/h3,5-6,8H,2,4,7,12H2,1H3,(H,13,14). The zero-order valence-electron chi connectivity index (χ0n) is 9.80. The van der Waals surface area contributed by atoms with Crippen LogP contribution in [0.25, 0.3) is 0 Å². The topological polar surface area (TPSA) is 81.7 Å². The van der Waals surface area contributed by atoms with Crippen LogP contribution in [0.15, 0.2) is 24.7 Å². The summed E-state index contributed by atoms with van der Waals surface area (Å²) in [5.74, 6) is 0.753. The number of hydrogen-bond donors (Lipinski definition) is 2. The molecule has 0 unspecified atom stereocenters. The third kappa shape index (κ3) is 2.93. The molecule has 0 saturated heterocycles. The van der Waals surface area contributed by atoms with E-state index in [1.165, 1.54) is 0 Å². The van der Waals surface area contributed by atoms with Crippen LogP contribution < -0.4 is 11.1 Å². The summed E-state index contributed by atoms with van der Waals surface area (Å²) in [7, 11) is 0. The minimum atomic E-state index is 0.716. The van der Waals surface area contributed by atoms with Crippen molar-refractivity contribution in [1.82, 2.24) is 20.0 Å². The molecule has 0 saturated carbocycles.